The van der Waals surface area contributed by atoms with Crippen LogP contribution in [0.25, 0.3) is 0 Å². The molecule has 2 unspecified atom stereocenters. The van der Waals surface area contributed by atoms with Crippen molar-refractivity contribution in [2.45, 2.75) is 26.0 Å². The fourth-order valence-corrected chi connectivity index (χ4v) is 2.78. The number of nitrogens with zero attached hydrogens (tertiary/aromatic N) is 1. The van der Waals surface area contributed by atoms with Gasteiger partial charge in [0.05, 0.1) is 6.10 Å². The number of likely N-dealkylation sites (tertiary alicyclic amines) is 1. The topological polar surface area (TPSA) is 68.0 Å². The molecule has 3 N–H and O–H groups in total. The van der Waals surface area contributed by atoms with E-state index in [1.54, 1.807) is 0 Å². The van der Waals surface area contributed by atoms with Crippen molar-refractivity contribution < 1.29 is 14.6 Å². The van der Waals surface area contributed by atoms with Gasteiger partial charge in [-0.1, -0.05) is 6.92 Å². The molecule has 0 bridgehead atoms. The van der Waals surface area contributed by atoms with Gasteiger partial charge in [0.1, 0.15) is 13.2 Å². The zero-order chi connectivity index (χ0) is 14.1. The van der Waals surface area contributed by atoms with Gasteiger partial charge in [-0.05, 0) is 30.5 Å². The second-order valence-corrected chi connectivity index (χ2v) is 5.76. The molecule has 1 aromatic rings. The van der Waals surface area contributed by atoms with Crippen molar-refractivity contribution in [3.8, 4) is 11.5 Å². The maximum atomic E-state index is 9.97. The van der Waals surface area contributed by atoms with E-state index in [4.69, 9.17) is 15.2 Å². The second kappa shape index (κ2) is 5.50. The van der Waals surface area contributed by atoms with Crippen LogP contribution in [0.15, 0.2) is 12.1 Å². The van der Waals surface area contributed by atoms with Gasteiger partial charge in [-0.15, -0.1) is 0 Å². The molecule has 0 aliphatic carbocycles. The molecule has 1 aromatic carbocycles. The van der Waals surface area contributed by atoms with Crippen LogP contribution in [-0.2, 0) is 6.54 Å². The van der Waals surface area contributed by atoms with Gasteiger partial charge in [0.2, 0.25) is 0 Å². The van der Waals surface area contributed by atoms with Gasteiger partial charge < -0.3 is 20.3 Å². The van der Waals surface area contributed by atoms with Gasteiger partial charge in [-0.25, -0.2) is 0 Å². The van der Waals surface area contributed by atoms with Crippen LogP contribution in [0.1, 0.15) is 18.9 Å². The third-order valence-electron chi connectivity index (χ3n) is 4.20. The Hall–Kier alpha value is -1.46. The van der Waals surface area contributed by atoms with E-state index in [1.807, 2.05) is 12.1 Å². The summed E-state index contributed by atoms with van der Waals surface area (Å²) in [5.74, 6) is 1.88. The molecule has 1 fully saturated rings. The number of benzene rings is 1. The van der Waals surface area contributed by atoms with Crippen LogP contribution in [0.5, 0.6) is 11.5 Å². The number of anilines is 1. The minimum Gasteiger partial charge on any atom is -0.486 e. The fourth-order valence-electron chi connectivity index (χ4n) is 2.78. The number of aliphatic hydroxyl groups is 1. The molecule has 0 aromatic heterocycles. The highest BCUT2D eigenvalue weighted by Crippen LogP contribution is 2.35. The molecule has 1 saturated heterocycles. The molecule has 2 aliphatic rings. The lowest BCUT2D eigenvalue weighted by Crippen LogP contribution is -2.42. The smallest absolute Gasteiger partial charge is 0.163 e. The molecule has 5 heteroatoms. The molecule has 2 aliphatic heterocycles. The van der Waals surface area contributed by atoms with Gasteiger partial charge in [-0.3, -0.25) is 4.90 Å². The number of nitrogens with two attached hydrogens (primary N) is 1. The van der Waals surface area contributed by atoms with Crippen molar-refractivity contribution in [2.24, 2.45) is 5.92 Å². The first-order valence-electron chi connectivity index (χ1n) is 7.22. The van der Waals surface area contributed by atoms with E-state index in [-0.39, 0.29) is 6.10 Å². The molecular weight excluding hydrogens is 256 g/mol. The lowest BCUT2D eigenvalue weighted by atomic mass is 9.95. The first-order valence-corrected chi connectivity index (χ1v) is 7.22. The minimum atomic E-state index is -0.248. The molecule has 110 valence electrons. The van der Waals surface area contributed by atoms with E-state index in [1.165, 1.54) is 0 Å². The van der Waals surface area contributed by atoms with E-state index in [0.29, 0.717) is 25.7 Å². The van der Waals surface area contributed by atoms with Crippen LogP contribution < -0.4 is 15.2 Å². The molecule has 0 spiro atoms. The summed E-state index contributed by atoms with van der Waals surface area (Å²) >= 11 is 0. The highest BCUT2D eigenvalue weighted by molar-refractivity contribution is 5.58. The SMILES string of the molecule is CC1CCN(Cc2cc3c(cc2N)OCCO3)CC1O. The molecule has 3 rings (SSSR count). The maximum Gasteiger partial charge on any atom is 0.163 e. The quantitative estimate of drug-likeness (QED) is 0.797. The predicted molar refractivity (Wildman–Crippen MR) is 76.9 cm³/mol. The molecular formula is C15H22N2O3. The summed E-state index contributed by atoms with van der Waals surface area (Å²) in [6.45, 7) is 5.69. The highest BCUT2D eigenvalue weighted by atomic mass is 16.6. The summed E-state index contributed by atoms with van der Waals surface area (Å²) in [7, 11) is 0. The van der Waals surface area contributed by atoms with E-state index < -0.39 is 0 Å². The Balaban J connectivity index is 1.74. The number of aliphatic hydroxyl groups excluding tert-OH is 1. The Morgan fingerprint density at radius 2 is 2.00 bits per heavy atom. The third-order valence-corrected chi connectivity index (χ3v) is 4.20. The lowest BCUT2D eigenvalue weighted by Gasteiger charge is -2.34. The Morgan fingerprint density at radius 1 is 1.30 bits per heavy atom. The van der Waals surface area contributed by atoms with Crippen LogP contribution in [-0.4, -0.2) is 42.4 Å². The van der Waals surface area contributed by atoms with Crippen LogP contribution in [0.2, 0.25) is 0 Å². The van der Waals surface area contributed by atoms with E-state index in [0.717, 1.165) is 42.3 Å². The summed E-state index contributed by atoms with van der Waals surface area (Å²) in [5, 5.41) is 9.97. The number of fused-ring (bicyclic) bond motifs is 1. The van der Waals surface area contributed by atoms with E-state index in [9.17, 15) is 5.11 Å². The highest BCUT2D eigenvalue weighted by Gasteiger charge is 2.25. The van der Waals surface area contributed by atoms with Crippen molar-refractivity contribution >= 4 is 5.69 Å². The number of nitrogen functional groups attached to an aromatic ring is 1. The summed E-state index contributed by atoms with van der Waals surface area (Å²) in [6, 6.07) is 3.81. The Labute approximate surface area is 119 Å². The van der Waals surface area contributed by atoms with Gasteiger partial charge in [0.15, 0.2) is 11.5 Å². The van der Waals surface area contributed by atoms with E-state index >= 15 is 0 Å². The van der Waals surface area contributed by atoms with Crippen LogP contribution in [0.3, 0.4) is 0 Å². The van der Waals surface area contributed by atoms with Crippen molar-refractivity contribution in [3.63, 3.8) is 0 Å². The molecule has 2 heterocycles. The number of hydrogen-bond acceptors (Lipinski definition) is 5. The first kappa shape index (κ1) is 13.5. The summed E-state index contributed by atoms with van der Waals surface area (Å²) < 4.78 is 11.1. The predicted octanol–water partition coefficient (Wildman–Crippen LogP) is 1.24. The first-order chi connectivity index (χ1) is 9.63. The molecule has 0 amide bonds. The van der Waals surface area contributed by atoms with Crippen molar-refractivity contribution in [2.75, 3.05) is 32.0 Å². The minimum absolute atomic E-state index is 0.248. The van der Waals surface area contributed by atoms with Gasteiger partial charge in [0, 0.05) is 24.8 Å². The normalized spacial score (nSPS) is 26.5. The van der Waals surface area contributed by atoms with Crippen molar-refractivity contribution in [1.82, 2.24) is 4.90 Å². The number of β-amino-alcohol motifs (C(OH)–C–C–N with tert-alkyl or cyclic N) is 1. The average Bonchev–Trinajstić information content (AvgIpc) is 2.44. The van der Waals surface area contributed by atoms with E-state index in [2.05, 4.69) is 11.8 Å². The maximum absolute atomic E-state index is 9.97. The Morgan fingerprint density at radius 3 is 2.70 bits per heavy atom. The van der Waals surface area contributed by atoms with Crippen molar-refractivity contribution in [1.29, 1.82) is 0 Å². The molecule has 0 saturated carbocycles. The van der Waals surface area contributed by atoms with Gasteiger partial charge in [-0.2, -0.15) is 0 Å². The number of ether oxygens (including phenoxy) is 2. The molecule has 20 heavy (non-hydrogen) atoms. The second-order valence-electron chi connectivity index (χ2n) is 5.76. The van der Waals surface area contributed by atoms with Crippen molar-refractivity contribution in [3.05, 3.63) is 17.7 Å². The van der Waals surface area contributed by atoms with Crippen LogP contribution in [0.4, 0.5) is 5.69 Å². The molecule has 2 atom stereocenters. The zero-order valence-electron chi connectivity index (χ0n) is 11.8. The fraction of sp³-hybridized carbons (Fsp3) is 0.600. The van der Waals surface area contributed by atoms with Gasteiger partial charge >= 0.3 is 0 Å². The van der Waals surface area contributed by atoms with Gasteiger partial charge in [0.25, 0.3) is 0 Å². The van der Waals surface area contributed by atoms with Crippen LogP contribution >= 0.6 is 0 Å². The number of piperidine rings is 1. The standard InChI is InChI=1S/C15H22N2O3/c1-10-2-3-17(9-13(10)18)8-11-6-14-15(7-12(11)16)20-5-4-19-14/h6-7,10,13,18H,2-5,8-9,16H2,1H3. The lowest BCUT2D eigenvalue weighted by molar-refractivity contribution is 0.0259. The number of rotatable bonds is 2. The third kappa shape index (κ3) is 2.69. The Bertz CT molecular complexity index is 492. The summed E-state index contributed by atoms with van der Waals surface area (Å²) in [6.07, 6.45) is 0.771. The van der Waals surface area contributed by atoms with Crippen LogP contribution in [0, 0.1) is 5.92 Å². The Kier molecular flexibility index (Phi) is 3.72. The monoisotopic (exact) mass is 278 g/mol. The molecule has 5 nitrogen and oxygen atoms in total. The summed E-state index contributed by atoms with van der Waals surface area (Å²) in [4.78, 5) is 2.24. The molecule has 0 radical (unpaired) electrons. The zero-order valence-corrected chi connectivity index (χ0v) is 11.8. The summed E-state index contributed by atoms with van der Waals surface area (Å²) in [5.41, 5.74) is 7.86. The number of hydrogen-bond donors (Lipinski definition) is 2. The average molecular weight is 278 g/mol. The largest absolute Gasteiger partial charge is 0.486 e.